The molecule has 0 aliphatic heterocycles. The molecule has 1 amide bonds. The highest BCUT2D eigenvalue weighted by Crippen LogP contribution is 2.41. The molecule has 0 heterocycles. The minimum Gasteiger partial charge on any atom is -0.399 e. The van der Waals surface area contributed by atoms with Crippen molar-refractivity contribution in [3.8, 4) is 0 Å². The van der Waals surface area contributed by atoms with Crippen LogP contribution in [-0.4, -0.2) is 5.91 Å². The van der Waals surface area contributed by atoms with Crippen molar-refractivity contribution < 1.29 is 9.18 Å². The van der Waals surface area contributed by atoms with Crippen molar-refractivity contribution in [2.24, 2.45) is 5.92 Å². The largest absolute Gasteiger partial charge is 0.399 e. The Morgan fingerprint density at radius 2 is 1.91 bits per heavy atom. The van der Waals surface area contributed by atoms with E-state index in [1.54, 1.807) is 12.1 Å². The Kier molecular flexibility index (Phi) is 4.03. The van der Waals surface area contributed by atoms with E-state index in [9.17, 15) is 9.18 Å². The molecule has 3 rings (SSSR count). The molecule has 0 radical (unpaired) electrons. The SMILES string of the molecule is Nc1ccc(C(=O)NC(c2ccc(Cl)cc2)C2CC2)c(F)c1. The first-order valence-electron chi connectivity index (χ1n) is 7.16. The summed E-state index contributed by atoms with van der Waals surface area (Å²) < 4.78 is 13.9. The van der Waals surface area contributed by atoms with Gasteiger partial charge in [-0.1, -0.05) is 23.7 Å². The topological polar surface area (TPSA) is 55.1 Å². The molecule has 3 nitrogen and oxygen atoms in total. The van der Waals surface area contributed by atoms with E-state index in [1.165, 1.54) is 12.1 Å². The highest BCUT2D eigenvalue weighted by molar-refractivity contribution is 6.30. The van der Waals surface area contributed by atoms with Gasteiger partial charge < -0.3 is 11.1 Å². The molecule has 1 fully saturated rings. The molecule has 22 heavy (non-hydrogen) atoms. The highest BCUT2D eigenvalue weighted by atomic mass is 35.5. The van der Waals surface area contributed by atoms with Crippen molar-refractivity contribution in [3.05, 3.63) is 64.4 Å². The second kappa shape index (κ2) is 5.97. The molecule has 1 aliphatic rings. The van der Waals surface area contributed by atoms with Gasteiger partial charge in [-0.25, -0.2) is 4.39 Å². The molecule has 0 aromatic heterocycles. The van der Waals surface area contributed by atoms with E-state index in [-0.39, 0.29) is 11.6 Å². The van der Waals surface area contributed by atoms with Gasteiger partial charge in [-0.3, -0.25) is 4.79 Å². The molecule has 5 heteroatoms. The molecular formula is C17H16ClFN2O. The van der Waals surface area contributed by atoms with Crippen LogP contribution in [0.3, 0.4) is 0 Å². The Labute approximate surface area is 133 Å². The van der Waals surface area contributed by atoms with Gasteiger partial charge >= 0.3 is 0 Å². The van der Waals surface area contributed by atoms with E-state index in [0.717, 1.165) is 24.5 Å². The number of amides is 1. The van der Waals surface area contributed by atoms with Crippen LogP contribution in [-0.2, 0) is 0 Å². The number of nitrogen functional groups attached to an aromatic ring is 1. The van der Waals surface area contributed by atoms with Crippen LogP contribution in [0.25, 0.3) is 0 Å². The normalized spacial score (nSPS) is 15.4. The average molecular weight is 319 g/mol. The van der Waals surface area contributed by atoms with Gasteiger partial charge in [0, 0.05) is 10.7 Å². The van der Waals surface area contributed by atoms with Crippen LogP contribution in [0.2, 0.25) is 5.02 Å². The number of anilines is 1. The summed E-state index contributed by atoms with van der Waals surface area (Å²) in [6, 6.07) is 11.3. The Bertz CT molecular complexity index is 698. The zero-order valence-corrected chi connectivity index (χ0v) is 12.6. The molecule has 1 unspecified atom stereocenters. The fourth-order valence-corrected chi connectivity index (χ4v) is 2.63. The molecule has 1 atom stereocenters. The van der Waals surface area contributed by atoms with Crippen LogP contribution in [0.1, 0.15) is 34.8 Å². The van der Waals surface area contributed by atoms with E-state index in [1.807, 2.05) is 12.1 Å². The maximum Gasteiger partial charge on any atom is 0.254 e. The van der Waals surface area contributed by atoms with Crippen molar-refractivity contribution in [2.75, 3.05) is 5.73 Å². The third-order valence-electron chi connectivity index (χ3n) is 3.85. The molecular weight excluding hydrogens is 303 g/mol. The number of carbonyl (C=O) groups excluding carboxylic acids is 1. The van der Waals surface area contributed by atoms with Crippen molar-refractivity contribution in [3.63, 3.8) is 0 Å². The summed E-state index contributed by atoms with van der Waals surface area (Å²) in [5.74, 6) is -0.644. The van der Waals surface area contributed by atoms with Gasteiger partial charge in [-0.15, -0.1) is 0 Å². The Morgan fingerprint density at radius 1 is 1.23 bits per heavy atom. The standard InChI is InChI=1S/C17H16ClFN2O/c18-12-5-3-11(4-6-12)16(10-1-2-10)21-17(22)14-8-7-13(20)9-15(14)19/h3-10,16H,1-2,20H2,(H,21,22). The van der Waals surface area contributed by atoms with Crippen LogP contribution in [0.15, 0.2) is 42.5 Å². The number of nitrogens with two attached hydrogens (primary N) is 1. The van der Waals surface area contributed by atoms with Crippen molar-refractivity contribution in [1.29, 1.82) is 0 Å². The van der Waals surface area contributed by atoms with Crippen LogP contribution in [0, 0.1) is 11.7 Å². The Morgan fingerprint density at radius 3 is 2.50 bits per heavy atom. The fourth-order valence-electron chi connectivity index (χ4n) is 2.51. The quantitative estimate of drug-likeness (QED) is 0.839. The van der Waals surface area contributed by atoms with Crippen LogP contribution >= 0.6 is 11.6 Å². The van der Waals surface area contributed by atoms with Gasteiger partial charge in [0.25, 0.3) is 5.91 Å². The van der Waals surface area contributed by atoms with Gasteiger partial charge in [-0.05, 0) is 54.7 Å². The van der Waals surface area contributed by atoms with Gasteiger partial charge in [0.2, 0.25) is 0 Å². The van der Waals surface area contributed by atoms with E-state index < -0.39 is 11.7 Å². The van der Waals surface area contributed by atoms with Crippen LogP contribution < -0.4 is 11.1 Å². The van der Waals surface area contributed by atoms with Crippen molar-refractivity contribution in [1.82, 2.24) is 5.32 Å². The third kappa shape index (κ3) is 3.22. The Balaban J connectivity index is 1.82. The van der Waals surface area contributed by atoms with Crippen LogP contribution in [0.5, 0.6) is 0 Å². The second-order valence-electron chi connectivity index (χ2n) is 5.58. The lowest BCUT2D eigenvalue weighted by molar-refractivity contribution is 0.0927. The molecule has 1 aliphatic carbocycles. The number of rotatable bonds is 4. The fraction of sp³-hybridized carbons (Fsp3) is 0.235. The average Bonchev–Trinajstić information content (AvgIpc) is 3.30. The lowest BCUT2D eigenvalue weighted by atomic mass is 10.0. The lowest BCUT2D eigenvalue weighted by Crippen LogP contribution is -2.30. The van der Waals surface area contributed by atoms with Gasteiger partial charge in [-0.2, -0.15) is 0 Å². The predicted molar refractivity (Wildman–Crippen MR) is 85.2 cm³/mol. The number of benzene rings is 2. The zero-order valence-electron chi connectivity index (χ0n) is 11.9. The van der Waals surface area contributed by atoms with Gasteiger partial charge in [0.05, 0.1) is 11.6 Å². The molecule has 2 aromatic carbocycles. The molecule has 3 N–H and O–H groups in total. The molecule has 114 valence electrons. The molecule has 1 saturated carbocycles. The first kappa shape index (κ1) is 14.9. The van der Waals surface area contributed by atoms with E-state index in [2.05, 4.69) is 5.32 Å². The highest BCUT2D eigenvalue weighted by Gasteiger charge is 2.33. The first-order chi connectivity index (χ1) is 10.5. The summed E-state index contributed by atoms with van der Waals surface area (Å²) in [5.41, 5.74) is 6.80. The second-order valence-corrected chi connectivity index (χ2v) is 6.02. The summed E-state index contributed by atoms with van der Waals surface area (Å²) in [6.45, 7) is 0. The number of carbonyl (C=O) groups is 1. The maximum absolute atomic E-state index is 13.9. The van der Waals surface area contributed by atoms with Gasteiger partial charge in [0.15, 0.2) is 0 Å². The summed E-state index contributed by atoms with van der Waals surface area (Å²) in [7, 11) is 0. The minimum absolute atomic E-state index is 0.00816. The summed E-state index contributed by atoms with van der Waals surface area (Å²) in [4.78, 5) is 12.3. The lowest BCUT2D eigenvalue weighted by Gasteiger charge is -2.19. The summed E-state index contributed by atoms with van der Waals surface area (Å²) >= 11 is 5.90. The number of nitrogens with one attached hydrogen (secondary N) is 1. The third-order valence-corrected chi connectivity index (χ3v) is 4.10. The minimum atomic E-state index is -0.608. The number of hydrogen-bond acceptors (Lipinski definition) is 2. The number of hydrogen-bond donors (Lipinski definition) is 2. The number of halogens is 2. The summed E-state index contributed by atoms with van der Waals surface area (Å²) in [5, 5.41) is 3.58. The smallest absolute Gasteiger partial charge is 0.254 e. The van der Waals surface area contributed by atoms with Crippen LogP contribution in [0.4, 0.5) is 10.1 Å². The van der Waals surface area contributed by atoms with E-state index in [4.69, 9.17) is 17.3 Å². The van der Waals surface area contributed by atoms with E-state index >= 15 is 0 Å². The molecule has 0 bridgehead atoms. The monoisotopic (exact) mass is 318 g/mol. The predicted octanol–water partition coefficient (Wildman–Crippen LogP) is 3.94. The Hall–Kier alpha value is -2.07. The summed E-state index contributed by atoms with van der Waals surface area (Å²) in [6.07, 6.45) is 2.11. The first-order valence-corrected chi connectivity index (χ1v) is 7.54. The van der Waals surface area contributed by atoms with Crippen molar-refractivity contribution in [2.45, 2.75) is 18.9 Å². The maximum atomic E-state index is 13.9. The molecule has 2 aromatic rings. The van der Waals surface area contributed by atoms with E-state index in [0.29, 0.717) is 16.6 Å². The van der Waals surface area contributed by atoms with Gasteiger partial charge in [0.1, 0.15) is 5.82 Å². The molecule has 0 saturated heterocycles. The van der Waals surface area contributed by atoms with Crippen molar-refractivity contribution >= 4 is 23.2 Å². The zero-order chi connectivity index (χ0) is 15.7. The molecule has 0 spiro atoms.